The minimum absolute atomic E-state index is 0.173. The highest BCUT2D eigenvalue weighted by atomic mass is 32.2. The van der Waals surface area contributed by atoms with Crippen molar-refractivity contribution >= 4 is 10.2 Å². The van der Waals surface area contributed by atoms with E-state index in [0.29, 0.717) is 6.54 Å². The Labute approximate surface area is 118 Å². The lowest BCUT2D eigenvalue weighted by Gasteiger charge is -2.42. The van der Waals surface area contributed by atoms with Crippen molar-refractivity contribution in [2.24, 2.45) is 0 Å². The van der Waals surface area contributed by atoms with E-state index in [-0.39, 0.29) is 5.54 Å². The third kappa shape index (κ3) is 5.02. The molecule has 0 atom stereocenters. The van der Waals surface area contributed by atoms with Crippen molar-refractivity contribution in [2.45, 2.75) is 57.9 Å². The van der Waals surface area contributed by atoms with Crippen molar-refractivity contribution in [3.8, 4) is 0 Å². The molecule has 0 aromatic rings. The molecule has 0 aliphatic heterocycles. The summed E-state index contributed by atoms with van der Waals surface area (Å²) in [4.78, 5) is 0. The molecule has 5 nitrogen and oxygen atoms in total. The molecule has 0 bridgehead atoms. The second kappa shape index (κ2) is 7.57. The molecule has 2 N–H and O–H groups in total. The van der Waals surface area contributed by atoms with Crippen molar-refractivity contribution in [2.75, 3.05) is 26.7 Å². The molecule has 0 radical (unpaired) electrons. The van der Waals surface area contributed by atoms with E-state index >= 15 is 0 Å². The molecule has 0 spiro atoms. The van der Waals surface area contributed by atoms with Crippen LogP contribution in [0.4, 0.5) is 0 Å². The van der Waals surface area contributed by atoms with Crippen LogP contribution in [0.15, 0.2) is 0 Å². The predicted octanol–water partition coefficient (Wildman–Crippen LogP) is 1.47. The van der Waals surface area contributed by atoms with Gasteiger partial charge in [-0.05, 0) is 51.6 Å². The number of hydrogen-bond donors (Lipinski definition) is 2. The summed E-state index contributed by atoms with van der Waals surface area (Å²) in [7, 11) is -1.67. The zero-order valence-electron chi connectivity index (χ0n) is 12.5. The van der Waals surface area contributed by atoms with Crippen LogP contribution in [0.1, 0.15) is 52.4 Å². The number of hydrogen-bond acceptors (Lipinski definition) is 3. The third-order valence-corrected chi connectivity index (χ3v) is 5.69. The average Bonchev–Trinajstić information content (AvgIpc) is 2.33. The summed E-state index contributed by atoms with van der Waals surface area (Å²) in [6.07, 6.45) is 5.88. The molecule has 1 fully saturated rings. The van der Waals surface area contributed by atoms with E-state index in [9.17, 15) is 8.42 Å². The number of nitrogens with zero attached hydrogens (tertiary/aromatic N) is 1. The maximum absolute atomic E-state index is 12.2. The second-order valence-electron chi connectivity index (χ2n) is 5.52. The molecule has 0 saturated heterocycles. The Bertz CT molecular complexity index is 347. The molecular weight excluding hydrogens is 262 g/mol. The van der Waals surface area contributed by atoms with Gasteiger partial charge in [-0.15, -0.1) is 0 Å². The van der Waals surface area contributed by atoms with Gasteiger partial charge >= 0.3 is 0 Å². The van der Waals surface area contributed by atoms with Crippen LogP contribution < -0.4 is 10.0 Å². The molecule has 1 aliphatic carbocycles. The smallest absolute Gasteiger partial charge is 0.279 e. The predicted molar refractivity (Wildman–Crippen MR) is 79.3 cm³/mol. The molecule has 0 amide bonds. The van der Waals surface area contributed by atoms with E-state index in [1.807, 2.05) is 0 Å². The van der Waals surface area contributed by atoms with Crippen LogP contribution in [0.2, 0.25) is 0 Å². The summed E-state index contributed by atoms with van der Waals surface area (Å²) >= 11 is 0. The van der Waals surface area contributed by atoms with Crippen LogP contribution >= 0.6 is 0 Å². The normalized spacial score (nSPS) is 18.5. The summed E-state index contributed by atoms with van der Waals surface area (Å²) in [5, 5.41) is 3.28. The quantitative estimate of drug-likeness (QED) is 0.599. The SMILES string of the molecule is CCCNCCCN(C)S(=O)(=O)NC1(CC)CCC1. The number of nitrogens with one attached hydrogen (secondary N) is 2. The largest absolute Gasteiger partial charge is 0.317 e. The Morgan fingerprint density at radius 1 is 1.21 bits per heavy atom. The Balaban J connectivity index is 2.35. The first-order valence-corrected chi connectivity index (χ1v) is 8.86. The molecule has 1 rings (SSSR count). The summed E-state index contributed by atoms with van der Waals surface area (Å²) in [5.74, 6) is 0. The zero-order valence-corrected chi connectivity index (χ0v) is 13.4. The summed E-state index contributed by atoms with van der Waals surface area (Å²) in [6, 6.07) is 0. The fraction of sp³-hybridized carbons (Fsp3) is 1.00. The minimum atomic E-state index is -3.33. The maximum atomic E-state index is 12.2. The van der Waals surface area contributed by atoms with Crippen molar-refractivity contribution in [1.29, 1.82) is 0 Å². The first-order valence-electron chi connectivity index (χ1n) is 7.42. The topological polar surface area (TPSA) is 61.4 Å². The zero-order chi connectivity index (χ0) is 14.4. The first-order chi connectivity index (χ1) is 8.96. The fourth-order valence-corrected chi connectivity index (χ4v) is 3.75. The van der Waals surface area contributed by atoms with Gasteiger partial charge in [0.1, 0.15) is 0 Å². The van der Waals surface area contributed by atoms with Crippen LogP contribution in [-0.2, 0) is 10.2 Å². The van der Waals surface area contributed by atoms with Gasteiger partial charge < -0.3 is 5.32 Å². The highest BCUT2D eigenvalue weighted by Gasteiger charge is 2.39. The lowest BCUT2D eigenvalue weighted by Crippen LogP contribution is -2.56. The van der Waals surface area contributed by atoms with Gasteiger partial charge in [0.05, 0.1) is 0 Å². The van der Waals surface area contributed by atoms with Crippen molar-refractivity contribution in [3.63, 3.8) is 0 Å². The third-order valence-electron chi connectivity index (χ3n) is 4.00. The van der Waals surface area contributed by atoms with Crippen LogP contribution in [-0.4, -0.2) is 44.9 Å². The molecular formula is C13H29N3O2S. The van der Waals surface area contributed by atoms with Gasteiger partial charge in [-0.2, -0.15) is 17.4 Å². The van der Waals surface area contributed by atoms with Gasteiger partial charge in [-0.25, -0.2) is 0 Å². The Morgan fingerprint density at radius 3 is 2.37 bits per heavy atom. The molecule has 114 valence electrons. The van der Waals surface area contributed by atoms with Crippen molar-refractivity contribution in [1.82, 2.24) is 14.3 Å². The summed E-state index contributed by atoms with van der Waals surface area (Å²) < 4.78 is 28.8. The van der Waals surface area contributed by atoms with Gasteiger partial charge in [-0.3, -0.25) is 0 Å². The highest BCUT2D eigenvalue weighted by molar-refractivity contribution is 7.87. The molecule has 0 aromatic heterocycles. The van der Waals surface area contributed by atoms with E-state index in [1.165, 1.54) is 4.31 Å². The standard InChI is InChI=1S/C13H29N3O2S/c1-4-10-14-11-7-12-16(3)19(17,18)15-13(5-2)8-6-9-13/h14-15H,4-12H2,1-3H3. The minimum Gasteiger partial charge on any atom is -0.317 e. The fourth-order valence-electron chi connectivity index (χ4n) is 2.33. The molecule has 1 aliphatic rings. The molecule has 19 heavy (non-hydrogen) atoms. The van der Waals surface area contributed by atoms with Crippen LogP contribution in [0.3, 0.4) is 0 Å². The van der Waals surface area contributed by atoms with Crippen LogP contribution in [0, 0.1) is 0 Å². The second-order valence-corrected chi connectivity index (χ2v) is 7.30. The lowest BCUT2D eigenvalue weighted by molar-refractivity contribution is 0.209. The molecule has 0 heterocycles. The Morgan fingerprint density at radius 2 is 1.89 bits per heavy atom. The van der Waals surface area contributed by atoms with E-state index in [4.69, 9.17) is 0 Å². The van der Waals surface area contributed by atoms with E-state index in [1.54, 1.807) is 7.05 Å². The highest BCUT2D eigenvalue weighted by Crippen LogP contribution is 2.35. The average molecular weight is 291 g/mol. The van der Waals surface area contributed by atoms with Gasteiger partial charge in [0.2, 0.25) is 0 Å². The van der Waals surface area contributed by atoms with E-state index < -0.39 is 10.2 Å². The monoisotopic (exact) mass is 291 g/mol. The lowest BCUT2D eigenvalue weighted by atomic mass is 9.76. The van der Waals surface area contributed by atoms with Gasteiger partial charge in [-0.1, -0.05) is 13.8 Å². The number of rotatable bonds is 10. The maximum Gasteiger partial charge on any atom is 0.279 e. The van der Waals surface area contributed by atoms with Gasteiger partial charge in [0.25, 0.3) is 10.2 Å². The Kier molecular flexibility index (Phi) is 6.73. The van der Waals surface area contributed by atoms with Gasteiger partial charge in [0.15, 0.2) is 0 Å². The molecule has 0 unspecified atom stereocenters. The first kappa shape index (κ1) is 16.9. The van der Waals surface area contributed by atoms with Crippen molar-refractivity contribution in [3.05, 3.63) is 0 Å². The van der Waals surface area contributed by atoms with Gasteiger partial charge in [0, 0.05) is 19.1 Å². The van der Waals surface area contributed by atoms with E-state index in [2.05, 4.69) is 23.9 Å². The molecule has 0 aromatic carbocycles. The Hall–Kier alpha value is -0.170. The van der Waals surface area contributed by atoms with Crippen LogP contribution in [0.25, 0.3) is 0 Å². The van der Waals surface area contributed by atoms with E-state index in [0.717, 1.165) is 51.6 Å². The molecule has 6 heteroatoms. The van der Waals surface area contributed by atoms with Crippen molar-refractivity contribution < 1.29 is 8.42 Å². The summed E-state index contributed by atoms with van der Waals surface area (Å²) in [5.41, 5.74) is -0.173. The summed E-state index contributed by atoms with van der Waals surface area (Å²) in [6.45, 7) is 6.60. The van der Waals surface area contributed by atoms with Crippen LogP contribution in [0.5, 0.6) is 0 Å². The molecule has 1 saturated carbocycles.